The van der Waals surface area contributed by atoms with Gasteiger partial charge in [0.1, 0.15) is 5.60 Å². The molecule has 1 aromatic heterocycles. The molecule has 0 aliphatic carbocycles. The molecule has 1 heterocycles. The van der Waals surface area contributed by atoms with Crippen LogP contribution in [0.3, 0.4) is 0 Å². The van der Waals surface area contributed by atoms with Crippen molar-refractivity contribution < 1.29 is 19.1 Å². The van der Waals surface area contributed by atoms with Gasteiger partial charge in [-0.3, -0.25) is 0 Å². The number of hydrogen-bond acceptors (Lipinski definition) is 6. The number of alkyl carbamates (subject to hydrolysis) is 1. The Bertz CT molecular complexity index is 747. The standard InChI is InChI=1S/C18H22N2O4S/c1-11-15(25-10-19-11)13-8-6-12(7-9-13)14(16(21)23-5)20-17(22)24-18(2,3)4/h6-10,14H,1-5H3,(H,20,22)/t14-/m0/s1. The Morgan fingerprint density at radius 2 is 1.84 bits per heavy atom. The number of aromatic nitrogens is 1. The van der Waals surface area contributed by atoms with Crippen LogP contribution < -0.4 is 5.32 Å². The first kappa shape index (κ1) is 18.9. The largest absolute Gasteiger partial charge is 0.467 e. The average Bonchev–Trinajstić information content (AvgIpc) is 2.96. The molecule has 2 aromatic rings. The highest BCUT2D eigenvalue weighted by Gasteiger charge is 2.26. The summed E-state index contributed by atoms with van der Waals surface area (Å²) >= 11 is 1.55. The number of esters is 1. The van der Waals surface area contributed by atoms with Crippen LogP contribution in [0.5, 0.6) is 0 Å². The maximum absolute atomic E-state index is 12.1. The minimum Gasteiger partial charge on any atom is -0.467 e. The van der Waals surface area contributed by atoms with Gasteiger partial charge in [0, 0.05) is 0 Å². The second-order valence-corrected chi connectivity index (χ2v) is 7.35. The van der Waals surface area contributed by atoms with Gasteiger partial charge in [-0.15, -0.1) is 11.3 Å². The molecule has 0 unspecified atom stereocenters. The molecule has 1 atom stereocenters. The predicted octanol–water partition coefficient (Wildman–Crippen LogP) is 3.86. The molecule has 0 bridgehead atoms. The lowest BCUT2D eigenvalue weighted by molar-refractivity contribution is -0.143. The Hall–Kier alpha value is -2.41. The van der Waals surface area contributed by atoms with E-state index in [1.807, 2.05) is 19.1 Å². The summed E-state index contributed by atoms with van der Waals surface area (Å²) in [6.45, 7) is 7.21. The number of carbonyl (C=O) groups excluding carboxylic acids is 2. The molecule has 1 amide bonds. The number of ether oxygens (including phenoxy) is 2. The molecular formula is C18H22N2O4S. The molecule has 0 aliphatic heterocycles. The Morgan fingerprint density at radius 1 is 1.20 bits per heavy atom. The number of hydrogen-bond donors (Lipinski definition) is 1. The van der Waals surface area contributed by atoms with E-state index in [1.165, 1.54) is 7.11 Å². The monoisotopic (exact) mass is 362 g/mol. The number of rotatable bonds is 4. The number of nitrogens with zero attached hydrogens (tertiary/aromatic N) is 1. The number of amides is 1. The van der Waals surface area contributed by atoms with E-state index < -0.39 is 23.7 Å². The van der Waals surface area contributed by atoms with Crippen molar-refractivity contribution in [2.75, 3.05) is 7.11 Å². The summed E-state index contributed by atoms with van der Waals surface area (Å²) in [5.74, 6) is -0.562. The zero-order chi connectivity index (χ0) is 18.6. The second kappa shape index (κ2) is 7.65. The first-order chi connectivity index (χ1) is 11.7. The third kappa shape index (κ3) is 5.03. The molecule has 0 radical (unpaired) electrons. The fourth-order valence-corrected chi connectivity index (χ4v) is 3.04. The van der Waals surface area contributed by atoms with E-state index >= 15 is 0 Å². The van der Waals surface area contributed by atoms with Crippen molar-refractivity contribution in [2.45, 2.75) is 39.3 Å². The molecule has 0 aliphatic rings. The van der Waals surface area contributed by atoms with E-state index in [1.54, 1.807) is 49.8 Å². The van der Waals surface area contributed by atoms with E-state index in [9.17, 15) is 9.59 Å². The van der Waals surface area contributed by atoms with Crippen LogP contribution in [0.1, 0.15) is 38.1 Å². The summed E-state index contributed by atoms with van der Waals surface area (Å²) in [5.41, 5.74) is 3.71. The van der Waals surface area contributed by atoms with E-state index in [2.05, 4.69) is 10.3 Å². The predicted molar refractivity (Wildman–Crippen MR) is 96.4 cm³/mol. The molecule has 2 rings (SSSR count). The Kier molecular flexibility index (Phi) is 5.79. The van der Waals surface area contributed by atoms with Gasteiger partial charge in [0.2, 0.25) is 0 Å². The fraction of sp³-hybridized carbons (Fsp3) is 0.389. The highest BCUT2D eigenvalue weighted by molar-refractivity contribution is 7.13. The van der Waals surface area contributed by atoms with Crippen LogP contribution in [0.2, 0.25) is 0 Å². The quantitative estimate of drug-likeness (QED) is 0.836. The first-order valence-electron chi connectivity index (χ1n) is 7.79. The molecule has 7 heteroatoms. The second-order valence-electron chi connectivity index (χ2n) is 6.49. The minimum atomic E-state index is -0.934. The zero-order valence-electron chi connectivity index (χ0n) is 15.0. The number of thiazole rings is 1. The van der Waals surface area contributed by atoms with E-state index in [0.717, 1.165) is 16.1 Å². The van der Waals surface area contributed by atoms with E-state index in [-0.39, 0.29) is 0 Å². The maximum atomic E-state index is 12.1. The van der Waals surface area contributed by atoms with Crippen molar-refractivity contribution in [3.8, 4) is 10.4 Å². The smallest absolute Gasteiger partial charge is 0.408 e. The van der Waals surface area contributed by atoms with Crippen LogP contribution in [0.25, 0.3) is 10.4 Å². The third-order valence-electron chi connectivity index (χ3n) is 3.35. The van der Waals surface area contributed by atoms with E-state index in [0.29, 0.717) is 5.56 Å². The number of aryl methyl sites for hydroxylation is 1. The number of nitrogens with one attached hydrogen (secondary N) is 1. The van der Waals surface area contributed by atoms with Crippen LogP contribution >= 0.6 is 11.3 Å². The van der Waals surface area contributed by atoms with E-state index in [4.69, 9.17) is 9.47 Å². The van der Waals surface area contributed by atoms with Crippen LogP contribution in [-0.4, -0.2) is 29.8 Å². The average molecular weight is 362 g/mol. The van der Waals surface area contributed by atoms with Crippen molar-refractivity contribution >= 4 is 23.4 Å². The lowest BCUT2D eigenvalue weighted by Gasteiger charge is -2.22. The van der Waals surface area contributed by atoms with Crippen molar-refractivity contribution in [2.24, 2.45) is 0 Å². The van der Waals surface area contributed by atoms with Gasteiger partial charge in [0.05, 0.1) is 23.2 Å². The van der Waals surface area contributed by atoms with Gasteiger partial charge in [0.15, 0.2) is 6.04 Å². The third-order valence-corrected chi connectivity index (χ3v) is 4.33. The van der Waals surface area contributed by atoms with Crippen LogP contribution in [-0.2, 0) is 14.3 Å². The van der Waals surface area contributed by atoms with Gasteiger partial charge in [-0.05, 0) is 38.8 Å². The van der Waals surface area contributed by atoms with Crippen LogP contribution in [0, 0.1) is 6.92 Å². The molecule has 0 saturated carbocycles. The summed E-state index contributed by atoms with van der Waals surface area (Å²) < 4.78 is 10.0. The van der Waals surface area contributed by atoms with Gasteiger partial charge < -0.3 is 14.8 Å². The summed E-state index contributed by atoms with van der Waals surface area (Å²) in [6, 6.07) is 6.42. The molecule has 0 saturated heterocycles. The zero-order valence-corrected chi connectivity index (χ0v) is 15.8. The van der Waals surface area contributed by atoms with Gasteiger partial charge in [0.25, 0.3) is 0 Å². The lowest BCUT2D eigenvalue weighted by atomic mass is 10.0. The van der Waals surface area contributed by atoms with Crippen molar-refractivity contribution in [1.82, 2.24) is 10.3 Å². The molecule has 134 valence electrons. The molecule has 25 heavy (non-hydrogen) atoms. The fourth-order valence-electron chi connectivity index (χ4n) is 2.23. The number of benzene rings is 1. The topological polar surface area (TPSA) is 77.5 Å². The SMILES string of the molecule is COC(=O)[C@@H](NC(=O)OC(C)(C)C)c1ccc(-c2scnc2C)cc1. The van der Waals surface area contributed by atoms with Crippen LogP contribution in [0.15, 0.2) is 29.8 Å². The maximum Gasteiger partial charge on any atom is 0.408 e. The first-order valence-corrected chi connectivity index (χ1v) is 8.67. The summed E-state index contributed by atoms with van der Waals surface area (Å²) in [6.07, 6.45) is -0.676. The molecular weight excluding hydrogens is 340 g/mol. The Balaban J connectivity index is 2.22. The number of carbonyl (C=O) groups is 2. The highest BCUT2D eigenvalue weighted by atomic mass is 32.1. The molecule has 1 aromatic carbocycles. The minimum absolute atomic E-state index is 0.562. The van der Waals surface area contributed by atoms with Gasteiger partial charge in [-0.1, -0.05) is 24.3 Å². The molecule has 0 spiro atoms. The normalized spacial score (nSPS) is 12.4. The van der Waals surface area contributed by atoms with Crippen molar-refractivity contribution in [3.05, 3.63) is 41.0 Å². The van der Waals surface area contributed by atoms with Crippen molar-refractivity contribution in [3.63, 3.8) is 0 Å². The Labute approximate surface area is 151 Å². The molecule has 6 nitrogen and oxygen atoms in total. The highest BCUT2D eigenvalue weighted by Crippen LogP contribution is 2.28. The molecule has 1 N–H and O–H groups in total. The summed E-state index contributed by atoms with van der Waals surface area (Å²) in [7, 11) is 1.28. The summed E-state index contributed by atoms with van der Waals surface area (Å²) in [5, 5.41) is 2.56. The lowest BCUT2D eigenvalue weighted by Crippen LogP contribution is -2.38. The molecule has 0 fully saturated rings. The Morgan fingerprint density at radius 3 is 2.32 bits per heavy atom. The van der Waals surface area contributed by atoms with Gasteiger partial charge in [-0.25, -0.2) is 14.6 Å². The van der Waals surface area contributed by atoms with Gasteiger partial charge >= 0.3 is 12.1 Å². The van der Waals surface area contributed by atoms with Crippen LogP contribution in [0.4, 0.5) is 4.79 Å². The number of methoxy groups -OCH3 is 1. The van der Waals surface area contributed by atoms with Gasteiger partial charge in [-0.2, -0.15) is 0 Å². The van der Waals surface area contributed by atoms with Crippen molar-refractivity contribution in [1.29, 1.82) is 0 Å². The summed E-state index contributed by atoms with van der Waals surface area (Å²) in [4.78, 5) is 29.4.